The smallest absolute Gasteiger partial charge is 0.123 e. The van der Waals surface area contributed by atoms with Gasteiger partial charge in [0, 0.05) is 11.1 Å². The van der Waals surface area contributed by atoms with Gasteiger partial charge in [-0.3, -0.25) is 0 Å². The minimum atomic E-state index is -0.264. The highest BCUT2D eigenvalue weighted by molar-refractivity contribution is 6.31. The van der Waals surface area contributed by atoms with E-state index in [1.165, 1.54) is 0 Å². The molecule has 4 heteroatoms. The molecular formula is C15H16ClNO2. The third-order valence-corrected chi connectivity index (χ3v) is 3.12. The summed E-state index contributed by atoms with van der Waals surface area (Å²) in [6.45, 7) is 0.358. The van der Waals surface area contributed by atoms with Crippen molar-refractivity contribution in [3.8, 4) is 11.5 Å². The molecule has 0 amide bonds. The molecule has 0 aliphatic heterocycles. The van der Waals surface area contributed by atoms with Crippen LogP contribution in [0.3, 0.4) is 0 Å². The lowest BCUT2D eigenvalue weighted by atomic mass is 10.1. The fourth-order valence-corrected chi connectivity index (χ4v) is 2.02. The average Bonchev–Trinajstić information content (AvgIpc) is 2.45. The number of nitrogens with two attached hydrogens (primary N) is 1. The first-order valence-corrected chi connectivity index (χ1v) is 6.35. The highest BCUT2D eigenvalue weighted by atomic mass is 35.5. The van der Waals surface area contributed by atoms with Crippen LogP contribution in [0.2, 0.25) is 5.02 Å². The Balaban J connectivity index is 2.00. The molecule has 0 saturated heterocycles. The van der Waals surface area contributed by atoms with Crippen LogP contribution in [0, 0.1) is 0 Å². The van der Waals surface area contributed by atoms with Crippen molar-refractivity contribution in [2.45, 2.75) is 6.04 Å². The molecule has 2 aromatic rings. The largest absolute Gasteiger partial charge is 0.497 e. The third-order valence-electron chi connectivity index (χ3n) is 2.78. The van der Waals surface area contributed by atoms with Crippen LogP contribution in [0.1, 0.15) is 11.6 Å². The van der Waals surface area contributed by atoms with Crippen molar-refractivity contribution in [3.63, 3.8) is 0 Å². The van der Waals surface area contributed by atoms with E-state index < -0.39 is 0 Å². The van der Waals surface area contributed by atoms with Crippen LogP contribution in [-0.4, -0.2) is 13.7 Å². The first-order chi connectivity index (χ1) is 9.20. The quantitative estimate of drug-likeness (QED) is 0.911. The van der Waals surface area contributed by atoms with Crippen molar-refractivity contribution >= 4 is 11.6 Å². The summed E-state index contributed by atoms with van der Waals surface area (Å²) < 4.78 is 10.8. The molecule has 0 bridgehead atoms. The lowest BCUT2D eigenvalue weighted by Crippen LogP contribution is -2.19. The maximum atomic E-state index is 6.09. The highest BCUT2D eigenvalue weighted by Crippen LogP contribution is 2.23. The zero-order chi connectivity index (χ0) is 13.7. The molecular weight excluding hydrogens is 262 g/mol. The number of ether oxygens (including phenoxy) is 2. The lowest BCUT2D eigenvalue weighted by molar-refractivity contribution is 0.289. The molecule has 0 spiro atoms. The third kappa shape index (κ3) is 3.63. The predicted molar refractivity (Wildman–Crippen MR) is 76.9 cm³/mol. The van der Waals surface area contributed by atoms with Crippen molar-refractivity contribution in [2.24, 2.45) is 5.73 Å². The summed E-state index contributed by atoms with van der Waals surface area (Å²) in [5.74, 6) is 1.48. The maximum Gasteiger partial charge on any atom is 0.123 e. The molecule has 2 aromatic carbocycles. The Kier molecular flexibility index (Phi) is 4.66. The Hall–Kier alpha value is -1.71. The van der Waals surface area contributed by atoms with Gasteiger partial charge in [0.15, 0.2) is 0 Å². The van der Waals surface area contributed by atoms with Crippen LogP contribution in [0.15, 0.2) is 48.5 Å². The summed E-state index contributed by atoms with van der Waals surface area (Å²) in [6.07, 6.45) is 0. The molecule has 1 atom stereocenters. The molecule has 0 fully saturated rings. The molecule has 0 aromatic heterocycles. The summed E-state index contributed by atoms with van der Waals surface area (Å²) in [5, 5.41) is 0.657. The molecule has 19 heavy (non-hydrogen) atoms. The molecule has 2 N–H and O–H groups in total. The summed E-state index contributed by atoms with van der Waals surface area (Å²) in [5.41, 5.74) is 6.96. The van der Waals surface area contributed by atoms with Gasteiger partial charge in [-0.2, -0.15) is 0 Å². The summed E-state index contributed by atoms with van der Waals surface area (Å²) in [4.78, 5) is 0. The van der Waals surface area contributed by atoms with Crippen molar-refractivity contribution in [1.82, 2.24) is 0 Å². The van der Waals surface area contributed by atoms with E-state index in [-0.39, 0.29) is 6.04 Å². The molecule has 0 heterocycles. The SMILES string of the molecule is COc1cccc(OCC(N)c2ccccc2Cl)c1. The first-order valence-electron chi connectivity index (χ1n) is 5.97. The second-order valence-corrected chi connectivity index (χ2v) is 4.53. The Morgan fingerprint density at radius 2 is 1.84 bits per heavy atom. The van der Waals surface area contributed by atoms with Crippen LogP contribution in [0.5, 0.6) is 11.5 Å². The van der Waals surface area contributed by atoms with E-state index >= 15 is 0 Å². The van der Waals surface area contributed by atoms with Crippen molar-refractivity contribution < 1.29 is 9.47 Å². The molecule has 0 saturated carbocycles. The van der Waals surface area contributed by atoms with E-state index in [2.05, 4.69) is 0 Å². The minimum Gasteiger partial charge on any atom is -0.497 e. The monoisotopic (exact) mass is 277 g/mol. The van der Waals surface area contributed by atoms with Gasteiger partial charge in [-0.05, 0) is 23.8 Å². The number of hydrogen-bond donors (Lipinski definition) is 1. The van der Waals surface area contributed by atoms with Gasteiger partial charge in [-0.15, -0.1) is 0 Å². The predicted octanol–water partition coefficient (Wildman–Crippen LogP) is 3.43. The van der Waals surface area contributed by atoms with Crippen molar-refractivity contribution in [3.05, 3.63) is 59.1 Å². The minimum absolute atomic E-state index is 0.264. The van der Waals surface area contributed by atoms with Gasteiger partial charge in [-0.1, -0.05) is 35.9 Å². The van der Waals surface area contributed by atoms with Crippen LogP contribution in [0.4, 0.5) is 0 Å². The lowest BCUT2D eigenvalue weighted by Gasteiger charge is -2.15. The van der Waals surface area contributed by atoms with Crippen molar-refractivity contribution in [2.75, 3.05) is 13.7 Å². The Bertz CT molecular complexity index is 545. The molecule has 100 valence electrons. The van der Waals surface area contributed by atoms with E-state index in [1.807, 2.05) is 48.5 Å². The van der Waals surface area contributed by atoms with Gasteiger partial charge >= 0.3 is 0 Å². The van der Waals surface area contributed by atoms with Gasteiger partial charge < -0.3 is 15.2 Å². The highest BCUT2D eigenvalue weighted by Gasteiger charge is 2.10. The van der Waals surface area contributed by atoms with Gasteiger partial charge in [-0.25, -0.2) is 0 Å². The molecule has 2 rings (SSSR count). The second kappa shape index (κ2) is 6.45. The van der Waals surface area contributed by atoms with Gasteiger partial charge in [0.1, 0.15) is 18.1 Å². The Labute approximate surface area is 117 Å². The number of benzene rings is 2. The van der Waals surface area contributed by atoms with Crippen LogP contribution in [0.25, 0.3) is 0 Å². The fraction of sp³-hybridized carbons (Fsp3) is 0.200. The van der Waals surface area contributed by atoms with E-state index in [1.54, 1.807) is 7.11 Å². The van der Waals surface area contributed by atoms with E-state index in [4.69, 9.17) is 26.8 Å². The van der Waals surface area contributed by atoms with Crippen LogP contribution < -0.4 is 15.2 Å². The summed E-state index contributed by atoms with van der Waals surface area (Å²) in [6, 6.07) is 14.7. The van der Waals surface area contributed by atoms with Gasteiger partial charge in [0.05, 0.1) is 13.2 Å². The van der Waals surface area contributed by atoms with Crippen molar-refractivity contribution in [1.29, 1.82) is 0 Å². The zero-order valence-corrected chi connectivity index (χ0v) is 11.4. The molecule has 0 aliphatic rings. The number of rotatable bonds is 5. The van der Waals surface area contributed by atoms with E-state index in [0.29, 0.717) is 11.6 Å². The first kappa shape index (κ1) is 13.7. The number of methoxy groups -OCH3 is 1. The van der Waals surface area contributed by atoms with Crippen LogP contribution in [-0.2, 0) is 0 Å². The average molecular weight is 278 g/mol. The molecule has 0 aliphatic carbocycles. The van der Waals surface area contributed by atoms with E-state index in [9.17, 15) is 0 Å². The maximum absolute atomic E-state index is 6.09. The molecule has 3 nitrogen and oxygen atoms in total. The van der Waals surface area contributed by atoms with Crippen LogP contribution >= 0.6 is 11.6 Å². The van der Waals surface area contributed by atoms with Gasteiger partial charge in [0.25, 0.3) is 0 Å². The number of halogens is 1. The Morgan fingerprint density at radius 3 is 2.58 bits per heavy atom. The Morgan fingerprint density at radius 1 is 1.11 bits per heavy atom. The summed E-state index contributed by atoms with van der Waals surface area (Å²) in [7, 11) is 1.62. The van der Waals surface area contributed by atoms with Gasteiger partial charge in [0.2, 0.25) is 0 Å². The molecule has 0 radical (unpaired) electrons. The standard InChI is InChI=1S/C15H16ClNO2/c1-18-11-5-4-6-12(9-11)19-10-15(17)13-7-2-3-8-14(13)16/h2-9,15H,10,17H2,1H3. The normalized spacial score (nSPS) is 11.9. The summed E-state index contributed by atoms with van der Waals surface area (Å²) >= 11 is 6.09. The molecule has 1 unspecified atom stereocenters. The topological polar surface area (TPSA) is 44.5 Å². The van der Waals surface area contributed by atoms with E-state index in [0.717, 1.165) is 17.1 Å². The zero-order valence-electron chi connectivity index (χ0n) is 10.7. The number of hydrogen-bond acceptors (Lipinski definition) is 3. The fourth-order valence-electron chi connectivity index (χ4n) is 1.74. The second-order valence-electron chi connectivity index (χ2n) is 4.12.